The summed E-state index contributed by atoms with van der Waals surface area (Å²) in [5.74, 6) is 0. The van der Waals surface area contributed by atoms with Gasteiger partial charge in [0.2, 0.25) is 0 Å². The van der Waals surface area contributed by atoms with Crippen LogP contribution in [0.5, 0.6) is 0 Å². The summed E-state index contributed by atoms with van der Waals surface area (Å²) in [6.07, 6.45) is 38.0. The summed E-state index contributed by atoms with van der Waals surface area (Å²) in [6, 6.07) is 24.5. The van der Waals surface area contributed by atoms with E-state index in [-0.39, 0.29) is 12.0 Å². The fraction of sp³-hybridized carbons (Fsp3) is 0.273. The number of fused-ring (bicyclic) bond motifs is 3. The van der Waals surface area contributed by atoms with E-state index in [0.29, 0.717) is 5.69 Å². The van der Waals surface area contributed by atoms with Crippen molar-refractivity contribution in [3.05, 3.63) is 216 Å². The van der Waals surface area contributed by atoms with Gasteiger partial charge in [-0.2, -0.15) is 0 Å². The van der Waals surface area contributed by atoms with E-state index in [1.165, 1.54) is 33.5 Å². The average molecular weight is 860 g/mol. The van der Waals surface area contributed by atoms with Crippen LogP contribution in [0.4, 0.5) is 10.2 Å². The van der Waals surface area contributed by atoms with E-state index >= 15 is 0 Å². The van der Waals surface area contributed by atoms with Crippen LogP contribution in [0, 0.1) is 12.8 Å². The van der Waals surface area contributed by atoms with Crippen LogP contribution >= 0.6 is 15.9 Å². The summed E-state index contributed by atoms with van der Waals surface area (Å²) in [4.78, 5) is 2.24. The standard InChI is InChI=1S/C25H23BrFN.C13H21N.C6H6.C5H8.2C2H6.C2H2/c1-3-4-5-6-7-12-28(27)23-11-9-19-13-18(2)25(24(19)15-23)16-20-8-10-22(26)14-21(20)17-25;1-5-8-9-10-13(4)14(11-6-2)12-7-3;1-2-4-6-5-3-1;1-3-5-4-2;3*1-2/h3-11,13-15H,1,12,16-17H2,2H3;5-8,10H,2-3,9,11-12H2,1,4H3;1-6H;3-5H,1H2,2H3;2*1-2H3;1-2H/b5-4-,7-6-;8-5-,13-10+;;5-4-;;;. The molecule has 0 saturated carbocycles. The van der Waals surface area contributed by atoms with E-state index in [9.17, 15) is 4.48 Å². The number of nitrogens with zero attached hydrogens (tertiary/aromatic N) is 2. The smallest absolute Gasteiger partial charge is 0.0694 e. The van der Waals surface area contributed by atoms with Gasteiger partial charge in [-0.3, -0.25) is 0 Å². The Bertz CT molecular complexity index is 1790. The number of allylic oxidation sites excluding steroid dienone is 12. The van der Waals surface area contributed by atoms with E-state index in [2.05, 4.69) is 122 Å². The molecule has 0 N–H and O–H groups in total. The van der Waals surface area contributed by atoms with Gasteiger partial charge in [-0.05, 0) is 93.5 Å². The molecule has 1 atom stereocenters. The Morgan fingerprint density at radius 2 is 1.32 bits per heavy atom. The zero-order chi connectivity index (χ0) is 44.9. The van der Waals surface area contributed by atoms with Gasteiger partial charge < -0.3 is 4.90 Å². The lowest BCUT2D eigenvalue weighted by molar-refractivity contribution is 0.421. The lowest BCUT2D eigenvalue weighted by Gasteiger charge is -2.28. The highest BCUT2D eigenvalue weighted by atomic mass is 79.9. The molecule has 0 saturated heterocycles. The molecule has 1 spiro atoms. The summed E-state index contributed by atoms with van der Waals surface area (Å²) in [5.41, 5.74) is 8.44. The Balaban J connectivity index is 0. The number of terminal acetylenes is 1. The van der Waals surface area contributed by atoms with E-state index in [0.717, 1.165) is 41.9 Å². The van der Waals surface area contributed by atoms with Gasteiger partial charge in [-0.15, -0.1) is 26.0 Å². The number of hydrogen-bond donors (Lipinski definition) is 0. The molecule has 0 heterocycles. The predicted molar refractivity (Wildman–Crippen MR) is 269 cm³/mol. The molecule has 59 heavy (non-hydrogen) atoms. The van der Waals surface area contributed by atoms with Gasteiger partial charge in [-0.25, -0.2) is 5.12 Å². The molecule has 0 aromatic heterocycles. The minimum atomic E-state index is -0.0438. The van der Waals surface area contributed by atoms with Crippen molar-refractivity contribution in [1.29, 1.82) is 0 Å². The Morgan fingerprint density at radius 1 is 0.746 bits per heavy atom. The molecule has 0 fully saturated rings. The van der Waals surface area contributed by atoms with E-state index in [1.807, 2.05) is 133 Å². The van der Waals surface area contributed by atoms with Gasteiger partial charge in [0.05, 0.1) is 12.2 Å². The second kappa shape index (κ2) is 35.8. The highest BCUT2D eigenvalue weighted by Gasteiger charge is 2.44. The lowest BCUT2D eigenvalue weighted by Crippen LogP contribution is -2.26. The molecule has 2 aliphatic rings. The Labute approximate surface area is 369 Å². The summed E-state index contributed by atoms with van der Waals surface area (Å²) in [6.45, 7) is 32.9. The fourth-order valence-corrected chi connectivity index (χ4v) is 6.52. The molecule has 0 bridgehead atoms. The maximum atomic E-state index is 14.7. The Hall–Kier alpha value is -5.37. The third-order valence-electron chi connectivity index (χ3n) is 8.85. The maximum absolute atomic E-state index is 14.7. The van der Waals surface area contributed by atoms with Gasteiger partial charge >= 0.3 is 0 Å². The van der Waals surface area contributed by atoms with Crippen molar-refractivity contribution < 1.29 is 4.48 Å². The van der Waals surface area contributed by atoms with Crippen LogP contribution in [-0.4, -0.2) is 24.5 Å². The number of benzene rings is 3. The van der Waals surface area contributed by atoms with Crippen molar-refractivity contribution in [2.24, 2.45) is 0 Å². The molecule has 0 amide bonds. The van der Waals surface area contributed by atoms with Crippen LogP contribution in [0.1, 0.15) is 84.1 Å². The van der Waals surface area contributed by atoms with Crippen LogP contribution in [0.3, 0.4) is 0 Å². The molecule has 2 nitrogen and oxygen atoms in total. The molecular weight excluding hydrogens is 788 g/mol. The number of anilines is 1. The molecule has 0 aliphatic heterocycles. The van der Waals surface area contributed by atoms with Crippen LogP contribution in [0.25, 0.3) is 6.08 Å². The van der Waals surface area contributed by atoms with E-state index < -0.39 is 0 Å². The second-order valence-electron chi connectivity index (χ2n) is 12.6. The highest BCUT2D eigenvalue weighted by molar-refractivity contribution is 9.10. The normalized spacial score (nSPS) is 14.1. The van der Waals surface area contributed by atoms with Gasteiger partial charge in [-0.1, -0.05) is 200 Å². The Morgan fingerprint density at radius 3 is 1.83 bits per heavy atom. The highest BCUT2D eigenvalue weighted by Crippen LogP contribution is 2.51. The first-order valence-corrected chi connectivity index (χ1v) is 21.3. The lowest BCUT2D eigenvalue weighted by atomic mass is 9.75. The molecule has 4 heteroatoms. The van der Waals surface area contributed by atoms with Gasteiger partial charge in [0.15, 0.2) is 0 Å². The van der Waals surface area contributed by atoms with Gasteiger partial charge in [0.1, 0.15) is 0 Å². The molecule has 3 aromatic rings. The molecule has 0 radical (unpaired) electrons. The first-order chi connectivity index (χ1) is 28.7. The predicted octanol–water partition coefficient (Wildman–Crippen LogP) is 16.2. The third kappa shape index (κ3) is 20.8. The molecule has 316 valence electrons. The van der Waals surface area contributed by atoms with E-state index in [4.69, 9.17) is 0 Å². The summed E-state index contributed by atoms with van der Waals surface area (Å²) < 4.78 is 15.8. The van der Waals surface area contributed by atoms with Crippen molar-refractivity contribution in [3.63, 3.8) is 0 Å². The SMILES string of the molecule is C#C.C=C/C=C\C.C=C/C=C\C=C/CN(F)c1ccc2c(c1)C1(Cc3ccc(Br)cc3C1)C(C)=C2.C=CCN(CC=C)/C(C)=C/C/C=C\C.CC.CC.c1ccccc1. The first kappa shape index (κ1) is 55.7. The first-order valence-electron chi connectivity index (χ1n) is 20.5. The minimum Gasteiger partial charge on any atom is -0.368 e. The largest absolute Gasteiger partial charge is 0.368 e. The molecular formula is C55H72BrFN2. The maximum Gasteiger partial charge on any atom is 0.0694 e. The van der Waals surface area contributed by atoms with Crippen LogP contribution in [0.2, 0.25) is 0 Å². The van der Waals surface area contributed by atoms with Crippen molar-refractivity contribution in [2.45, 2.75) is 80.1 Å². The minimum absolute atomic E-state index is 0.0438. The van der Waals surface area contributed by atoms with Crippen LogP contribution < -0.4 is 5.12 Å². The van der Waals surface area contributed by atoms with Gasteiger partial charge in [0.25, 0.3) is 0 Å². The van der Waals surface area contributed by atoms with Crippen molar-refractivity contribution in [1.82, 2.24) is 4.90 Å². The Kier molecular flexibility index (Phi) is 33.8. The zero-order valence-corrected chi connectivity index (χ0v) is 39.0. The topological polar surface area (TPSA) is 6.48 Å². The number of hydrogen-bond acceptors (Lipinski definition) is 2. The molecule has 2 aliphatic carbocycles. The summed E-state index contributed by atoms with van der Waals surface area (Å²) >= 11 is 3.59. The fourth-order valence-electron chi connectivity index (χ4n) is 6.11. The molecule has 5 rings (SSSR count). The monoisotopic (exact) mass is 858 g/mol. The van der Waals surface area contributed by atoms with Crippen molar-refractivity contribution in [3.8, 4) is 12.8 Å². The summed E-state index contributed by atoms with van der Waals surface area (Å²) in [5, 5.41) is 0.804. The number of rotatable bonds is 13. The van der Waals surface area contributed by atoms with Crippen LogP contribution in [0.15, 0.2) is 194 Å². The average Bonchev–Trinajstić information content (AvgIpc) is 3.79. The number of halogens is 2. The van der Waals surface area contributed by atoms with E-state index in [1.54, 1.807) is 18.2 Å². The summed E-state index contributed by atoms with van der Waals surface area (Å²) in [7, 11) is 0. The van der Waals surface area contributed by atoms with Gasteiger partial charge in [0, 0.05) is 28.7 Å². The molecule has 1 unspecified atom stereocenters. The third-order valence-corrected chi connectivity index (χ3v) is 9.34. The van der Waals surface area contributed by atoms with Crippen molar-refractivity contribution in [2.75, 3.05) is 24.8 Å². The van der Waals surface area contributed by atoms with Crippen molar-refractivity contribution >= 4 is 27.7 Å². The zero-order valence-electron chi connectivity index (χ0n) is 37.4. The quantitative estimate of drug-likeness (QED) is 0.0731. The second-order valence-corrected chi connectivity index (χ2v) is 13.5. The van der Waals surface area contributed by atoms with Crippen LogP contribution in [-0.2, 0) is 18.3 Å². The molecule has 3 aromatic carbocycles.